The van der Waals surface area contributed by atoms with E-state index in [0.29, 0.717) is 71.9 Å². The number of ether oxygens (including phenoxy) is 1. The summed E-state index contributed by atoms with van der Waals surface area (Å²) in [4.78, 5) is 49.7. The third kappa shape index (κ3) is 7.03. The van der Waals surface area contributed by atoms with Gasteiger partial charge in [-0.2, -0.15) is 0 Å². The topological polar surface area (TPSA) is 86.3 Å². The van der Waals surface area contributed by atoms with Crippen LogP contribution in [0.15, 0.2) is 60.9 Å². The molecule has 0 spiro atoms. The van der Waals surface area contributed by atoms with Crippen LogP contribution in [0.1, 0.15) is 24.0 Å². The molecule has 4 heterocycles. The maximum Gasteiger partial charge on any atom is 0.236 e. The van der Waals surface area contributed by atoms with Gasteiger partial charge in [-0.15, -0.1) is 0 Å². The van der Waals surface area contributed by atoms with E-state index < -0.39 is 0 Å². The number of para-hydroxylation sites is 1. The molecule has 206 valence electrons. The summed E-state index contributed by atoms with van der Waals surface area (Å²) < 4.78 is 6.16. The molecule has 0 N–H and O–H groups in total. The number of carbonyl (C=O) groups excluding carboxylic acids is 3. The van der Waals surface area contributed by atoms with Crippen LogP contribution in [0.4, 0.5) is 0 Å². The van der Waals surface area contributed by atoms with E-state index in [2.05, 4.69) is 22.0 Å². The van der Waals surface area contributed by atoms with Gasteiger partial charge in [-0.3, -0.25) is 24.3 Å². The summed E-state index contributed by atoms with van der Waals surface area (Å²) in [5.74, 6) is 1.29. The number of hydrogen-bond donors (Lipinski definition) is 0. The largest absolute Gasteiger partial charge is 0.489 e. The molecule has 0 unspecified atom stereocenters. The highest BCUT2D eigenvalue weighted by molar-refractivity contribution is 5.79. The van der Waals surface area contributed by atoms with Gasteiger partial charge in [0, 0.05) is 76.7 Å². The van der Waals surface area contributed by atoms with Gasteiger partial charge in [0.2, 0.25) is 18.2 Å². The van der Waals surface area contributed by atoms with Crippen molar-refractivity contribution in [2.45, 2.75) is 25.9 Å². The van der Waals surface area contributed by atoms with Crippen molar-refractivity contribution >= 4 is 18.2 Å². The van der Waals surface area contributed by atoms with E-state index in [1.165, 1.54) is 0 Å². The van der Waals surface area contributed by atoms with Crippen molar-refractivity contribution in [3.05, 3.63) is 72.1 Å². The number of benzene rings is 1. The van der Waals surface area contributed by atoms with Crippen LogP contribution in [0, 0.1) is 11.8 Å². The number of amides is 3. The molecule has 3 aliphatic heterocycles. The van der Waals surface area contributed by atoms with Crippen molar-refractivity contribution in [2.24, 2.45) is 11.8 Å². The molecule has 0 saturated carbocycles. The van der Waals surface area contributed by atoms with Crippen LogP contribution in [0.3, 0.4) is 0 Å². The maximum absolute atomic E-state index is 13.6. The van der Waals surface area contributed by atoms with Gasteiger partial charge in [0.1, 0.15) is 12.4 Å². The van der Waals surface area contributed by atoms with E-state index >= 15 is 0 Å². The lowest BCUT2D eigenvalue weighted by atomic mass is 9.82. The summed E-state index contributed by atoms with van der Waals surface area (Å²) >= 11 is 0. The maximum atomic E-state index is 13.6. The number of rotatable bonds is 5. The van der Waals surface area contributed by atoms with Gasteiger partial charge in [-0.25, -0.2) is 0 Å². The standard InChI is InChI=1S/C30H37N5O4/c36-23-32-12-14-34(15-13-32)29(37)17-25-9-11-35-21-26(25)7-4-16-39-28-8-2-1-6-27(28)20-33(22-30(35)38)19-24-5-3-10-31-18-24/h1-8,10,18,23,25-26H,9,11-17,19-22H2/b7-4+/t25-,26-/m0/s1. The van der Waals surface area contributed by atoms with E-state index in [1.54, 1.807) is 11.1 Å². The molecule has 3 amide bonds. The second-order valence-electron chi connectivity index (χ2n) is 10.6. The van der Waals surface area contributed by atoms with Gasteiger partial charge in [-0.05, 0) is 36.0 Å². The molecule has 0 radical (unpaired) electrons. The summed E-state index contributed by atoms with van der Waals surface area (Å²) in [5, 5.41) is 0. The van der Waals surface area contributed by atoms with E-state index in [4.69, 9.17) is 4.74 Å². The summed E-state index contributed by atoms with van der Waals surface area (Å²) in [7, 11) is 0. The molecule has 9 nitrogen and oxygen atoms in total. The minimum Gasteiger partial charge on any atom is -0.489 e. The summed E-state index contributed by atoms with van der Waals surface area (Å²) in [6.45, 7) is 5.49. The molecule has 2 fully saturated rings. The predicted octanol–water partition coefficient (Wildman–Crippen LogP) is 2.19. The summed E-state index contributed by atoms with van der Waals surface area (Å²) in [5.41, 5.74) is 2.09. The Morgan fingerprint density at radius 1 is 1.05 bits per heavy atom. The van der Waals surface area contributed by atoms with Crippen LogP contribution >= 0.6 is 0 Å². The van der Waals surface area contributed by atoms with Crippen LogP contribution in [-0.2, 0) is 27.5 Å². The van der Waals surface area contributed by atoms with Crippen LogP contribution in [0.2, 0.25) is 0 Å². The molecule has 0 aliphatic carbocycles. The third-order valence-electron chi connectivity index (χ3n) is 7.98. The molecule has 5 rings (SSSR count). The van der Waals surface area contributed by atoms with Crippen LogP contribution in [-0.4, -0.2) is 95.2 Å². The van der Waals surface area contributed by atoms with Crippen LogP contribution in [0.25, 0.3) is 0 Å². The Morgan fingerprint density at radius 2 is 1.90 bits per heavy atom. The first kappa shape index (κ1) is 26.9. The first-order chi connectivity index (χ1) is 19.1. The average Bonchev–Trinajstić information content (AvgIpc) is 2.97. The number of aromatic nitrogens is 1. The lowest BCUT2D eigenvalue weighted by molar-refractivity contribution is -0.138. The Bertz CT molecular complexity index is 1160. The molecule has 9 heteroatoms. The quantitative estimate of drug-likeness (QED) is 0.434. The van der Waals surface area contributed by atoms with Crippen molar-refractivity contribution in [3.8, 4) is 5.75 Å². The van der Waals surface area contributed by atoms with Gasteiger partial charge in [-0.1, -0.05) is 36.4 Å². The summed E-state index contributed by atoms with van der Waals surface area (Å²) in [6, 6.07) is 11.9. The van der Waals surface area contributed by atoms with Gasteiger partial charge in [0.25, 0.3) is 0 Å². The molecule has 2 aromatic rings. The highest BCUT2D eigenvalue weighted by atomic mass is 16.5. The number of nitrogens with zero attached hydrogens (tertiary/aromatic N) is 5. The van der Waals surface area contributed by atoms with Crippen LogP contribution < -0.4 is 4.74 Å². The van der Waals surface area contributed by atoms with Crippen molar-refractivity contribution < 1.29 is 19.1 Å². The number of piperazine rings is 1. The molecule has 2 atom stereocenters. The monoisotopic (exact) mass is 531 g/mol. The van der Waals surface area contributed by atoms with Crippen molar-refractivity contribution in [1.29, 1.82) is 0 Å². The van der Waals surface area contributed by atoms with Gasteiger partial charge in [0.05, 0.1) is 6.54 Å². The van der Waals surface area contributed by atoms with Gasteiger partial charge >= 0.3 is 0 Å². The lowest BCUT2D eigenvalue weighted by Gasteiger charge is -2.39. The first-order valence-electron chi connectivity index (χ1n) is 13.8. The number of pyridine rings is 1. The molecule has 3 aliphatic rings. The number of carbonyl (C=O) groups is 3. The minimum absolute atomic E-state index is 0.0780. The predicted molar refractivity (Wildman–Crippen MR) is 146 cm³/mol. The average molecular weight is 532 g/mol. The second-order valence-corrected chi connectivity index (χ2v) is 10.6. The Morgan fingerprint density at radius 3 is 2.69 bits per heavy atom. The smallest absolute Gasteiger partial charge is 0.236 e. The Labute approximate surface area is 230 Å². The number of piperidine rings is 1. The molecular formula is C30H37N5O4. The minimum atomic E-state index is 0.0780. The first-order valence-corrected chi connectivity index (χ1v) is 13.8. The Kier molecular flexibility index (Phi) is 8.88. The highest BCUT2D eigenvalue weighted by Crippen LogP contribution is 2.30. The second kappa shape index (κ2) is 12.9. The molecule has 2 saturated heterocycles. The Hall–Kier alpha value is -3.72. The van der Waals surface area contributed by atoms with E-state index in [-0.39, 0.29) is 23.7 Å². The Balaban J connectivity index is 1.31. The lowest BCUT2D eigenvalue weighted by Crippen LogP contribution is -2.50. The van der Waals surface area contributed by atoms with E-state index in [1.807, 2.05) is 52.4 Å². The molecule has 2 bridgehead atoms. The summed E-state index contributed by atoms with van der Waals surface area (Å²) in [6.07, 6.45) is 9.85. The fourth-order valence-corrected chi connectivity index (χ4v) is 5.75. The van der Waals surface area contributed by atoms with Gasteiger partial charge in [0.15, 0.2) is 0 Å². The molecule has 1 aromatic heterocycles. The van der Waals surface area contributed by atoms with Gasteiger partial charge < -0.3 is 19.4 Å². The van der Waals surface area contributed by atoms with Crippen molar-refractivity contribution in [2.75, 3.05) is 52.4 Å². The van der Waals surface area contributed by atoms with Crippen molar-refractivity contribution in [1.82, 2.24) is 24.6 Å². The molecular weight excluding hydrogens is 494 g/mol. The fourth-order valence-electron chi connectivity index (χ4n) is 5.75. The van der Waals surface area contributed by atoms with Crippen molar-refractivity contribution in [3.63, 3.8) is 0 Å². The zero-order valence-electron chi connectivity index (χ0n) is 22.4. The highest BCUT2D eigenvalue weighted by Gasteiger charge is 2.33. The number of hydrogen-bond acceptors (Lipinski definition) is 6. The van der Waals surface area contributed by atoms with E-state index in [9.17, 15) is 14.4 Å². The van der Waals surface area contributed by atoms with E-state index in [0.717, 1.165) is 29.7 Å². The molecule has 39 heavy (non-hydrogen) atoms. The zero-order chi connectivity index (χ0) is 27.0. The normalized spacial score (nSPS) is 23.5. The zero-order valence-corrected chi connectivity index (χ0v) is 22.4. The SMILES string of the molecule is O=CN1CCN(C(=O)C[C@@H]2CCN3C[C@@H]2/C=C/COc2ccccc2CN(Cc2cccnc2)CC3=O)CC1. The number of fused-ring (bicyclic) bond motifs is 3. The molecule has 1 aromatic carbocycles. The van der Waals surface area contributed by atoms with Crippen LogP contribution in [0.5, 0.6) is 5.75 Å². The third-order valence-corrected chi connectivity index (χ3v) is 7.98. The fraction of sp³-hybridized carbons (Fsp3) is 0.467.